The van der Waals surface area contributed by atoms with Crippen LogP contribution in [0.5, 0.6) is 0 Å². The minimum atomic E-state index is -3.96. The Morgan fingerprint density at radius 3 is 2.30 bits per heavy atom. The van der Waals surface area contributed by atoms with E-state index < -0.39 is 28.3 Å². The molecule has 7 nitrogen and oxygen atoms in total. The van der Waals surface area contributed by atoms with Crippen LogP contribution in [-0.2, 0) is 14.8 Å². The number of hydrogen-bond donors (Lipinski definition) is 1. The summed E-state index contributed by atoms with van der Waals surface area (Å²) in [5.41, 5.74) is 2.00. The molecule has 0 aliphatic carbocycles. The van der Waals surface area contributed by atoms with Gasteiger partial charge in [0.2, 0.25) is 21.9 Å². The molecule has 0 spiro atoms. The summed E-state index contributed by atoms with van der Waals surface area (Å²) in [6.07, 6.45) is 1.73. The second-order valence-corrected chi connectivity index (χ2v) is 11.2. The van der Waals surface area contributed by atoms with Gasteiger partial charge in [-0.05, 0) is 54.4 Å². The number of sulfonamides is 1. The molecule has 0 atom stereocenters. The number of halogens is 2. The minimum absolute atomic E-state index is 0.0271. The first kappa shape index (κ1) is 26.5. The van der Waals surface area contributed by atoms with Gasteiger partial charge >= 0.3 is 0 Å². The Labute approximate surface area is 220 Å². The topological polar surface area (TPSA) is 84.3 Å². The molecule has 0 fully saturated rings. The summed E-state index contributed by atoms with van der Waals surface area (Å²) in [5, 5.41) is 3.15. The van der Waals surface area contributed by atoms with E-state index in [1.54, 1.807) is 22.9 Å². The Balaban J connectivity index is 1.64. The van der Waals surface area contributed by atoms with Gasteiger partial charge in [0.05, 0.1) is 17.1 Å². The van der Waals surface area contributed by atoms with Gasteiger partial charge in [0.15, 0.2) is 0 Å². The Kier molecular flexibility index (Phi) is 8.06. The first-order valence-corrected chi connectivity index (χ1v) is 13.4. The van der Waals surface area contributed by atoms with E-state index in [4.69, 9.17) is 11.6 Å². The Bertz CT molecular complexity index is 1470. The van der Waals surface area contributed by atoms with Crippen molar-refractivity contribution in [3.8, 4) is 16.9 Å². The smallest absolute Gasteiger partial charge is 0.243 e. The highest BCUT2D eigenvalue weighted by Crippen LogP contribution is 2.25. The summed E-state index contributed by atoms with van der Waals surface area (Å²) < 4.78 is 42.9. The highest BCUT2D eigenvalue weighted by Gasteiger charge is 2.28. The number of anilines is 1. The molecule has 0 aliphatic rings. The number of imidazole rings is 1. The van der Waals surface area contributed by atoms with Crippen LogP contribution in [0.25, 0.3) is 16.9 Å². The fraction of sp³-hybridized carbons (Fsp3) is 0.185. The molecule has 1 amide bonds. The fourth-order valence-corrected chi connectivity index (χ4v) is 5.44. The van der Waals surface area contributed by atoms with Gasteiger partial charge in [-0.15, -0.1) is 0 Å². The van der Waals surface area contributed by atoms with Gasteiger partial charge in [-0.3, -0.25) is 14.7 Å². The number of carbonyl (C=O) groups excluding carboxylic acids is 1. The summed E-state index contributed by atoms with van der Waals surface area (Å²) in [4.78, 5) is 17.8. The summed E-state index contributed by atoms with van der Waals surface area (Å²) in [5.74, 6) is -0.800. The van der Waals surface area contributed by atoms with E-state index in [0.717, 1.165) is 9.87 Å². The Morgan fingerprint density at radius 2 is 1.68 bits per heavy atom. The molecule has 0 saturated heterocycles. The molecule has 37 heavy (non-hydrogen) atoms. The number of aromatic nitrogens is 2. The maximum absolute atomic E-state index is 13.5. The van der Waals surface area contributed by atoms with Crippen molar-refractivity contribution >= 4 is 33.5 Å². The van der Waals surface area contributed by atoms with Gasteiger partial charge in [-0.1, -0.05) is 55.8 Å². The first-order valence-electron chi connectivity index (χ1n) is 11.6. The second-order valence-electron chi connectivity index (χ2n) is 8.86. The molecular formula is C27H26ClFN4O3S. The molecule has 192 valence electrons. The Morgan fingerprint density at radius 1 is 1.03 bits per heavy atom. The molecule has 0 radical (unpaired) electrons. The molecule has 4 rings (SSSR count). The normalized spacial score (nSPS) is 11.7. The van der Waals surface area contributed by atoms with Gasteiger partial charge in [-0.2, -0.15) is 4.31 Å². The van der Waals surface area contributed by atoms with Crippen molar-refractivity contribution < 1.29 is 17.6 Å². The van der Waals surface area contributed by atoms with Crippen molar-refractivity contribution in [2.24, 2.45) is 5.92 Å². The van der Waals surface area contributed by atoms with E-state index in [1.165, 1.54) is 36.4 Å². The lowest BCUT2D eigenvalue weighted by atomic mass is 10.2. The van der Waals surface area contributed by atoms with Gasteiger partial charge in [-0.25, -0.2) is 17.8 Å². The summed E-state index contributed by atoms with van der Waals surface area (Å²) in [7, 11) is -3.96. The standard InChI is InChI=1S/C27H26ClFN4O3S/c1-19(2)16-32(37(35,36)24-14-8-21(28)9-15-24)18-26(34)31-27-30-25(20-6-4-3-5-7-20)17-33(27)23-12-10-22(29)11-13-23/h3-15,17,19H,16,18H2,1-2H3,(H,30,31,34). The van der Waals surface area contributed by atoms with Gasteiger partial charge in [0.25, 0.3) is 0 Å². The largest absolute Gasteiger partial charge is 0.294 e. The number of carbonyl (C=O) groups is 1. The summed E-state index contributed by atoms with van der Waals surface area (Å²) in [6, 6.07) is 21.0. The molecule has 1 heterocycles. The van der Waals surface area contributed by atoms with Gasteiger partial charge < -0.3 is 0 Å². The third kappa shape index (κ3) is 6.43. The first-order chi connectivity index (χ1) is 17.6. The van der Waals surface area contributed by atoms with Crippen molar-refractivity contribution in [3.05, 3.63) is 95.9 Å². The van der Waals surface area contributed by atoms with Crippen LogP contribution in [0.3, 0.4) is 0 Å². The molecule has 1 aromatic heterocycles. The van der Waals surface area contributed by atoms with Gasteiger partial charge in [0.1, 0.15) is 5.82 Å². The number of nitrogens with one attached hydrogen (secondary N) is 1. The van der Waals surface area contributed by atoms with Crippen molar-refractivity contribution in [1.82, 2.24) is 13.9 Å². The van der Waals surface area contributed by atoms with Crippen LogP contribution in [-0.4, -0.2) is 41.3 Å². The van der Waals surface area contributed by atoms with Gasteiger partial charge in [0, 0.05) is 29.0 Å². The van der Waals surface area contributed by atoms with Crippen molar-refractivity contribution in [2.45, 2.75) is 18.7 Å². The van der Waals surface area contributed by atoms with Crippen LogP contribution >= 0.6 is 11.6 Å². The zero-order chi connectivity index (χ0) is 26.6. The van der Waals surface area contributed by atoms with E-state index in [9.17, 15) is 17.6 Å². The predicted molar refractivity (Wildman–Crippen MR) is 143 cm³/mol. The highest BCUT2D eigenvalue weighted by atomic mass is 35.5. The molecule has 0 aliphatic heterocycles. The maximum atomic E-state index is 13.5. The quantitative estimate of drug-likeness (QED) is 0.299. The van der Waals surface area contributed by atoms with E-state index in [0.29, 0.717) is 16.4 Å². The zero-order valence-corrected chi connectivity index (χ0v) is 21.9. The molecule has 10 heteroatoms. The minimum Gasteiger partial charge on any atom is -0.294 e. The number of rotatable bonds is 9. The van der Waals surface area contributed by atoms with Crippen LogP contribution in [0.4, 0.5) is 10.3 Å². The lowest BCUT2D eigenvalue weighted by Crippen LogP contribution is -2.40. The SMILES string of the molecule is CC(C)CN(CC(=O)Nc1nc(-c2ccccc2)cn1-c1ccc(F)cc1)S(=O)(=O)c1ccc(Cl)cc1. The van der Waals surface area contributed by atoms with Crippen LogP contribution in [0, 0.1) is 11.7 Å². The van der Waals surface area contributed by atoms with Crippen molar-refractivity contribution in [2.75, 3.05) is 18.4 Å². The number of benzene rings is 3. The van der Waals surface area contributed by atoms with Crippen LogP contribution in [0.1, 0.15) is 13.8 Å². The zero-order valence-electron chi connectivity index (χ0n) is 20.3. The average Bonchev–Trinajstić information content (AvgIpc) is 3.28. The lowest BCUT2D eigenvalue weighted by Gasteiger charge is -2.23. The van der Waals surface area contributed by atoms with E-state index in [-0.39, 0.29) is 23.3 Å². The number of nitrogens with zero attached hydrogens (tertiary/aromatic N) is 3. The highest BCUT2D eigenvalue weighted by molar-refractivity contribution is 7.89. The van der Waals surface area contributed by atoms with Crippen molar-refractivity contribution in [1.29, 1.82) is 0 Å². The number of hydrogen-bond acceptors (Lipinski definition) is 4. The summed E-state index contributed by atoms with van der Waals surface area (Å²) in [6.45, 7) is 3.46. The third-order valence-electron chi connectivity index (χ3n) is 5.47. The average molecular weight is 541 g/mol. The lowest BCUT2D eigenvalue weighted by molar-refractivity contribution is -0.116. The fourth-order valence-electron chi connectivity index (χ4n) is 3.75. The number of amides is 1. The van der Waals surface area contributed by atoms with Crippen molar-refractivity contribution in [3.63, 3.8) is 0 Å². The monoisotopic (exact) mass is 540 g/mol. The second kappa shape index (κ2) is 11.2. The molecule has 3 aromatic carbocycles. The van der Waals surface area contributed by atoms with Crippen LogP contribution < -0.4 is 5.32 Å². The van der Waals surface area contributed by atoms with E-state index in [1.807, 2.05) is 44.2 Å². The van der Waals surface area contributed by atoms with Crippen LogP contribution in [0.15, 0.2) is 90.0 Å². The molecule has 1 N–H and O–H groups in total. The molecular weight excluding hydrogens is 515 g/mol. The predicted octanol–water partition coefficient (Wildman–Crippen LogP) is 5.62. The molecule has 4 aromatic rings. The summed E-state index contributed by atoms with van der Waals surface area (Å²) >= 11 is 5.92. The van der Waals surface area contributed by atoms with Crippen LogP contribution in [0.2, 0.25) is 5.02 Å². The van der Waals surface area contributed by atoms with E-state index >= 15 is 0 Å². The molecule has 0 saturated carbocycles. The maximum Gasteiger partial charge on any atom is 0.243 e. The Hall–Kier alpha value is -3.53. The molecule has 0 unspecified atom stereocenters. The third-order valence-corrected chi connectivity index (χ3v) is 7.55. The van der Waals surface area contributed by atoms with E-state index in [2.05, 4.69) is 10.3 Å². The molecule has 0 bridgehead atoms.